The van der Waals surface area contributed by atoms with Crippen LogP contribution in [-0.2, 0) is 4.79 Å². The summed E-state index contributed by atoms with van der Waals surface area (Å²) in [5.74, 6) is 0.725. The monoisotopic (exact) mass is 252 g/mol. The first-order valence-corrected chi connectivity index (χ1v) is 6.32. The summed E-state index contributed by atoms with van der Waals surface area (Å²) in [7, 11) is 0. The Bertz CT molecular complexity index is 367. The molecule has 0 aliphatic rings. The van der Waals surface area contributed by atoms with E-state index in [1.807, 2.05) is 6.92 Å². The third-order valence-corrected chi connectivity index (χ3v) is 2.63. The lowest BCUT2D eigenvalue weighted by Crippen LogP contribution is -2.35. The van der Waals surface area contributed by atoms with E-state index < -0.39 is 0 Å². The number of hydrogen-bond acceptors (Lipinski definition) is 3. The largest absolute Gasteiger partial charge is 0.347 e. The summed E-state index contributed by atoms with van der Waals surface area (Å²) < 4.78 is 0. The van der Waals surface area contributed by atoms with Crippen molar-refractivity contribution in [1.29, 1.82) is 0 Å². The highest BCUT2D eigenvalue weighted by Crippen LogP contribution is 2.21. The van der Waals surface area contributed by atoms with Crippen molar-refractivity contribution in [3.8, 4) is 0 Å². The van der Waals surface area contributed by atoms with Gasteiger partial charge in [-0.05, 0) is 18.8 Å². The molecule has 0 bridgehead atoms. The SMILES string of the molecule is CC(NC(=O)CC(N)CC(C)(C)C)c1ncc[nH]1. The Balaban J connectivity index is 2.38. The van der Waals surface area contributed by atoms with Gasteiger partial charge in [0.15, 0.2) is 0 Å². The number of nitrogens with two attached hydrogens (primary N) is 1. The number of rotatable bonds is 5. The predicted octanol–water partition coefficient (Wildman–Crippen LogP) is 1.74. The van der Waals surface area contributed by atoms with E-state index in [0.29, 0.717) is 6.42 Å². The fourth-order valence-electron chi connectivity index (χ4n) is 1.98. The van der Waals surface area contributed by atoms with Gasteiger partial charge in [0.25, 0.3) is 0 Å². The molecule has 0 aliphatic heterocycles. The van der Waals surface area contributed by atoms with Crippen molar-refractivity contribution in [2.45, 2.75) is 52.6 Å². The van der Waals surface area contributed by atoms with Crippen LogP contribution in [0.25, 0.3) is 0 Å². The van der Waals surface area contributed by atoms with Crippen LogP contribution < -0.4 is 11.1 Å². The average molecular weight is 252 g/mol. The highest BCUT2D eigenvalue weighted by molar-refractivity contribution is 5.76. The number of carbonyl (C=O) groups excluding carboxylic acids is 1. The number of H-pyrrole nitrogens is 1. The number of carbonyl (C=O) groups is 1. The number of aromatic nitrogens is 2. The highest BCUT2D eigenvalue weighted by atomic mass is 16.1. The van der Waals surface area contributed by atoms with Gasteiger partial charge >= 0.3 is 0 Å². The van der Waals surface area contributed by atoms with Crippen LogP contribution in [-0.4, -0.2) is 21.9 Å². The van der Waals surface area contributed by atoms with Gasteiger partial charge in [0.05, 0.1) is 6.04 Å². The molecule has 1 aromatic rings. The quantitative estimate of drug-likeness (QED) is 0.746. The zero-order valence-electron chi connectivity index (χ0n) is 11.7. The Labute approximate surface area is 109 Å². The Kier molecular flexibility index (Phi) is 4.90. The van der Waals surface area contributed by atoms with E-state index in [9.17, 15) is 4.79 Å². The summed E-state index contributed by atoms with van der Waals surface area (Å²) in [4.78, 5) is 18.9. The predicted molar refractivity (Wildman–Crippen MR) is 71.8 cm³/mol. The molecular weight excluding hydrogens is 228 g/mol. The molecule has 1 rings (SSSR count). The maximum atomic E-state index is 11.8. The van der Waals surface area contributed by atoms with Gasteiger partial charge in [-0.3, -0.25) is 4.79 Å². The van der Waals surface area contributed by atoms with Crippen LogP contribution >= 0.6 is 0 Å². The minimum absolute atomic E-state index is 0.0318. The molecule has 5 nitrogen and oxygen atoms in total. The Hall–Kier alpha value is -1.36. The molecule has 1 amide bonds. The molecule has 2 unspecified atom stereocenters. The molecule has 4 N–H and O–H groups in total. The normalized spacial score (nSPS) is 15.2. The number of aromatic amines is 1. The lowest BCUT2D eigenvalue weighted by Gasteiger charge is -2.23. The summed E-state index contributed by atoms with van der Waals surface area (Å²) in [5, 5.41) is 2.89. The van der Waals surface area contributed by atoms with Crippen LogP contribution in [0, 0.1) is 5.41 Å². The van der Waals surface area contributed by atoms with Gasteiger partial charge in [0.1, 0.15) is 5.82 Å². The molecule has 1 heterocycles. The van der Waals surface area contributed by atoms with E-state index in [0.717, 1.165) is 12.2 Å². The van der Waals surface area contributed by atoms with Gasteiger partial charge in [-0.25, -0.2) is 4.98 Å². The minimum atomic E-state index is -0.116. The fourth-order valence-corrected chi connectivity index (χ4v) is 1.98. The van der Waals surface area contributed by atoms with Gasteiger partial charge in [0, 0.05) is 24.9 Å². The molecule has 0 aromatic carbocycles. The maximum absolute atomic E-state index is 11.8. The number of imidazole rings is 1. The van der Waals surface area contributed by atoms with E-state index in [1.165, 1.54) is 0 Å². The van der Waals surface area contributed by atoms with E-state index in [4.69, 9.17) is 5.73 Å². The zero-order valence-corrected chi connectivity index (χ0v) is 11.7. The van der Waals surface area contributed by atoms with Crippen molar-refractivity contribution < 1.29 is 4.79 Å². The highest BCUT2D eigenvalue weighted by Gasteiger charge is 2.19. The second-order valence-electron chi connectivity index (χ2n) is 5.99. The molecule has 0 aliphatic carbocycles. The number of nitrogens with zero attached hydrogens (tertiary/aromatic N) is 1. The molecule has 102 valence electrons. The van der Waals surface area contributed by atoms with Crippen LogP contribution in [0.15, 0.2) is 12.4 Å². The molecule has 0 saturated carbocycles. The first-order valence-electron chi connectivity index (χ1n) is 6.32. The van der Waals surface area contributed by atoms with Crippen molar-refractivity contribution >= 4 is 5.91 Å². The van der Waals surface area contributed by atoms with Gasteiger partial charge in [-0.15, -0.1) is 0 Å². The summed E-state index contributed by atoms with van der Waals surface area (Å²) in [5.41, 5.74) is 6.12. The smallest absolute Gasteiger partial charge is 0.222 e. The zero-order chi connectivity index (χ0) is 13.8. The van der Waals surface area contributed by atoms with Crippen LogP contribution in [0.4, 0.5) is 0 Å². The fraction of sp³-hybridized carbons (Fsp3) is 0.692. The van der Waals surface area contributed by atoms with Crippen molar-refractivity contribution in [1.82, 2.24) is 15.3 Å². The molecule has 0 fully saturated rings. The molecule has 1 aromatic heterocycles. The van der Waals surface area contributed by atoms with Crippen molar-refractivity contribution in [2.24, 2.45) is 11.1 Å². The third-order valence-electron chi connectivity index (χ3n) is 2.63. The van der Waals surface area contributed by atoms with Crippen LogP contribution in [0.5, 0.6) is 0 Å². The summed E-state index contributed by atoms with van der Waals surface area (Å²) in [6.45, 7) is 8.26. The first kappa shape index (κ1) is 14.7. The summed E-state index contributed by atoms with van der Waals surface area (Å²) in [6, 6.07) is -0.219. The second kappa shape index (κ2) is 6.00. The van der Waals surface area contributed by atoms with Crippen molar-refractivity contribution in [2.75, 3.05) is 0 Å². The van der Waals surface area contributed by atoms with E-state index in [-0.39, 0.29) is 23.4 Å². The van der Waals surface area contributed by atoms with Gasteiger partial charge in [-0.2, -0.15) is 0 Å². The summed E-state index contributed by atoms with van der Waals surface area (Å²) in [6.07, 6.45) is 4.59. The Morgan fingerprint density at radius 1 is 1.56 bits per heavy atom. The van der Waals surface area contributed by atoms with E-state index >= 15 is 0 Å². The maximum Gasteiger partial charge on any atom is 0.222 e. The van der Waals surface area contributed by atoms with Crippen LogP contribution in [0.1, 0.15) is 52.4 Å². The first-order chi connectivity index (χ1) is 8.28. The van der Waals surface area contributed by atoms with Gasteiger partial charge in [0.2, 0.25) is 5.91 Å². The molecule has 0 saturated heterocycles. The molecule has 5 heteroatoms. The summed E-state index contributed by atoms with van der Waals surface area (Å²) >= 11 is 0. The van der Waals surface area contributed by atoms with E-state index in [1.54, 1.807) is 12.4 Å². The molecule has 18 heavy (non-hydrogen) atoms. The lowest BCUT2D eigenvalue weighted by atomic mass is 9.87. The molecule has 2 atom stereocenters. The Morgan fingerprint density at radius 3 is 2.72 bits per heavy atom. The van der Waals surface area contributed by atoms with E-state index in [2.05, 4.69) is 36.1 Å². The molecule has 0 spiro atoms. The van der Waals surface area contributed by atoms with Crippen molar-refractivity contribution in [3.63, 3.8) is 0 Å². The number of amides is 1. The van der Waals surface area contributed by atoms with Crippen LogP contribution in [0.2, 0.25) is 0 Å². The Morgan fingerprint density at radius 2 is 2.22 bits per heavy atom. The molecular formula is C13H24N4O. The standard InChI is InChI=1S/C13H24N4O/c1-9(12-15-5-6-16-12)17-11(18)7-10(14)8-13(2,3)4/h5-6,9-10H,7-8,14H2,1-4H3,(H,15,16)(H,17,18). The number of hydrogen-bond donors (Lipinski definition) is 3. The third kappa shape index (κ3) is 5.31. The minimum Gasteiger partial charge on any atom is -0.347 e. The van der Waals surface area contributed by atoms with Gasteiger partial charge in [-0.1, -0.05) is 20.8 Å². The average Bonchev–Trinajstić information content (AvgIpc) is 2.65. The van der Waals surface area contributed by atoms with Crippen molar-refractivity contribution in [3.05, 3.63) is 18.2 Å². The molecule has 0 radical (unpaired) electrons. The topological polar surface area (TPSA) is 83.8 Å². The number of nitrogens with one attached hydrogen (secondary N) is 2. The van der Waals surface area contributed by atoms with Crippen LogP contribution in [0.3, 0.4) is 0 Å². The second-order valence-corrected chi connectivity index (χ2v) is 5.99. The lowest BCUT2D eigenvalue weighted by molar-refractivity contribution is -0.122. The van der Waals surface area contributed by atoms with Gasteiger partial charge < -0.3 is 16.0 Å².